The predicted molar refractivity (Wildman–Crippen MR) is 71.3 cm³/mol. The molecule has 0 heterocycles. The number of anilines is 1. The van der Waals surface area contributed by atoms with Gasteiger partial charge < -0.3 is 15.5 Å². The Morgan fingerprint density at radius 3 is 2.42 bits per heavy atom. The molecule has 5 nitrogen and oxygen atoms in total. The molecule has 0 saturated heterocycles. The van der Waals surface area contributed by atoms with Crippen molar-refractivity contribution in [1.29, 1.82) is 5.26 Å². The summed E-state index contributed by atoms with van der Waals surface area (Å²) < 4.78 is 0. The number of rotatable bonds is 4. The molecule has 19 heavy (non-hydrogen) atoms. The van der Waals surface area contributed by atoms with Crippen LogP contribution in [-0.4, -0.2) is 21.7 Å². The minimum atomic E-state index is -1.20. The van der Waals surface area contributed by atoms with E-state index in [2.05, 4.69) is 5.32 Å². The summed E-state index contributed by atoms with van der Waals surface area (Å²) >= 11 is 0. The van der Waals surface area contributed by atoms with Gasteiger partial charge in [0.05, 0.1) is 5.60 Å². The van der Waals surface area contributed by atoms with Gasteiger partial charge in [0, 0.05) is 12.1 Å². The fraction of sp³-hybridized carbons (Fsp3) is 0.286. The Balaban J connectivity index is 2.89. The smallest absolute Gasteiger partial charge is 0.269 e. The standard InChI is InChI=1S/C14H16N2O3/c1-14(2,19)8-12(17)11(9-15)13(18)16-10-6-4-3-5-7-10/h3-7,17,19H,8H2,1-2H3,(H,16,18). The minimum Gasteiger partial charge on any atom is -0.511 e. The molecule has 1 aromatic rings. The number of aliphatic hydroxyl groups is 2. The molecular formula is C14H16N2O3. The molecule has 0 radical (unpaired) electrons. The predicted octanol–water partition coefficient (Wildman–Crippen LogP) is 2.12. The van der Waals surface area contributed by atoms with E-state index < -0.39 is 22.8 Å². The number of hydrogen-bond donors (Lipinski definition) is 3. The number of nitrogens with one attached hydrogen (secondary N) is 1. The monoisotopic (exact) mass is 260 g/mol. The fourth-order valence-electron chi connectivity index (χ4n) is 1.46. The molecule has 1 rings (SSSR count). The number of benzene rings is 1. The zero-order valence-corrected chi connectivity index (χ0v) is 10.8. The lowest BCUT2D eigenvalue weighted by Gasteiger charge is -2.16. The van der Waals surface area contributed by atoms with E-state index in [4.69, 9.17) is 5.26 Å². The quantitative estimate of drug-likeness (QED) is 0.439. The van der Waals surface area contributed by atoms with Crippen LogP contribution in [0.2, 0.25) is 0 Å². The van der Waals surface area contributed by atoms with Crippen LogP contribution in [0.15, 0.2) is 41.7 Å². The van der Waals surface area contributed by atoms with Crippen LogP contribution in [0.25, 0.3) is 0 Å². The third-order valence-electron chi connectivity index (χ3n) is 2.26. The Morgan fingerprint density at radius 1 is 1.37 bits per heavy atom. The number of carbonyl (C=O) groups excluding carboxylic acids is 1. The highest BCUT2D eigenvalue weighted by Crippen LogP contribution is 2.17. The maximum Gasteiger partial charge on any atom is 0.269 e. The number of carbonyl (C=O) groups is 1. The molecule has 1 amide bonds. The highest BCUT2D eigenvalue weighted by molar-refractivity contribution is 6.06. The van der Waals surface area contributed by atoms with Gasteiger partial charge in [0.2, 0.25) is 0 Å². The molecule has 0 spiro atoms. The van der Waals surface area contributed by atoms with Gasteiger partial charge in [-0.1, -0.05) is 18.2 Å². The Kier molecular flexibility index (Phi) is 4.67. The second-order valence-electron chi connectivity index (χ2n) is 4.74. The summed E-state index contributed by atoms with van der Waals surface area (Å²) in [4.78, 5) is 11.8. The van der Waals surface area contributed by atoms with E-state index in [1.807, 2.05) is 0 Å². The Hall–Kier alpha value is -2.32. The number of nitriles is 1. The van der Waals surface area contributed by atoms with Crippen molar-refractivity contribution >= 4 is 11.6 Å². The van der Waals surface area contributed by atoms with Crippen LogP contribution in [0, 0.1) is 11.3 Å². The van der Waals surface area contributed by atoms with Crippen molar-refractivity contribution in [1.82, 2.24) is 0 Å². The number of amides is 1. The summed E-state index contributed by atoms with van der Waals surface area (Å²) in [6.45, 7) is 2.96. The maximum atomic E-state index is 11.8. The van der Waals surface area contributed by atoms with Crippen molar-refractivity contribution < 1.29 is 15.0 Å². The van der Waals surface area contributed by atoms with Crippen molar-refractivity contribution in [2.24, 2.45) is 0 Å². The van der Waals surface area contributed by atoms with E-state index in [1.54, 1.807) is 36.4 Å². The summed E-state index contributed by atoms with van der Waals surface area (Å²) in [5.41, 5.74) is -1.07. The molecule has 0 unspecified atom stereocenters. The molecule has 0 bridgehead atoms. The van der Waals surface area contributed by atoms with Gasteiger partial charge in [-0.25, -0.2) is 0 Å². The van der Waals surface area contributed by atoms with Gasteiger partial charge in [-0.05, 0) is 26.0 Å². The molecule has 0 aliphatic rings. The number of para-hydroxylation sites is 1. The first-order valence-corrected chi connectivity index (χ1v) is 5.74. The van der Waals surface area contributed by atoms with Crippen molar-refractivity contribution in [2.45, 2.75) is 25.9 Å². The van der Waals surface area contributed by atoms with Crippen molar-refractivity contribution in [3.63, 3.8) is 0 Å². The topological polar surface area (TPSA) is 93.3 Å². The third kappa shape index (κ3) is 4.82. The van der Waals surface area contributed by atoms with Gasteiger partial charge in [0.25, 0.3) is 5.91 Å². The molecule has 0 aromatic heterocycles. The van der Waals surface area contributed by atoms with E-state index in [1.165, 1.54) is 13.8 Å². The van der Waals surface area contributed by atoms with Gasteiger partial charge >= 0.3 is 0 Å². The van der Waals surface area contributed by atoms with Gasteiger partial charge in [-0.2, -0.15) is 5.26 Å². The molecule has 0 saturated carbocycles. The Bertz CT molecular complexity index is 522. The second-order valence-corrected chi connectivity index (χ2v) is 4.74. The van der Waals surface area contributed by atoms with Crippen molar-refractivity contribution in [3.05, 3.63) is 41.7 Å². The van der Waals surface area contributed by atoms with Crippen LogP contribution in [0.4, 0.5) is 5.69 Å². The zero-order chi connectivity index (χ0) is 14.5. The molecule has 0 aliphatic carbocycles. The summed E-state index contributed by atoms with van der Waals surface area (Å²) in [6, 6.07) is 10.3. The average Bonchev–Trinajstić information content (AvgIpc) is 2.28. The van der Waals surface area contributed by atoms with Crippen LogP contribution < -0.4 is 5.32 Å². The fourth-order valence-corrected chi connectivity index (χ4v) is 1.46. The number of aliphatic hydroxyl groups excluding tert-OH is 1. The highest BCUT2D eigenvalue weighted by Gasteiger charge is 2.21. The number of hydrogen-bond acceptors (Lipinski definition) is 4. The van der Waals surface area contributed by atoms with Crippen LogP contribution in [-0.2, 0) is 4.79 Å². The molecule has 5 heteroatoms. The third-order valence-corrected chi connectivity index (χ3v) is 2.26. The highest BCUT2D eigenvalue weighted by atomic mass is 16.3. The molecule has 100 valence electrons. The van der Waals surface area contributed by atoms with Gasteiger partial charge in [0.15, 0.2) is 5.57 Å². The van der Waals surface area contributed by atoms with Crippen molar-refractivity contribution in [2.75, 3.05) is 5.32 Å². The molecule has 1 aromatic carbocycles. The summed E-state index contributed by atoms with van der Waals surface area (Å²) in [5.74, 6) is -1.13. The zero-order valence-electron chi connectivity index (χ0n) is 10.8. The molecular weight excluding hydrogens is 244 g/mol. The lowest BCUT2D eigenvalue weighted by Crippen LogP contribution is -2.22. The molecule has 0 fully saturated rings. The van der Waals surface area contributed by atoms with E-state index >= 15 is 0 Å². The normalized spacial score (nSPS) is 12.3. The van der Waals surface area contributed by atoms with Crippen LogP contribution in [0.3, 0.4) is 0 Å². The first kappa shape index (κ1) is 14.7. The lowest BCUT2D eigenvalue weighted by atomic mass is 10.0. The first-order valence-electron chi connectivity index (χ1n) is 5.74. The summed E-state index contributed by atoms with van der Waals surface area (Å²) in [5, 5.41) is 30.7. The van der Waals surface area contributed by atoms with Gasteiger partial charge in [0.1, 0.15) is 11.8 Å². The Labute approximate surface area is 111 Å². The summed E-state index contributed by atoms with van der Waals surface area (Å²) in [6.07, 6.45) is -0.169. The van der Waals surface area contributed by atoms with Crippen LogP contribution in [0.5, 0.6) is 0 Å². The number of nitrogens with zero attached hydrogens (tertiary/aromatic N) is 1. The molecule has 3 N–H and O–H groups in total. The van der Waals surface area contributed by atoms with E-state index in [9.17, 15) is 15.0 Å². The van der Waals surface area contributed by atoms with Gasteiger partial charge in [-0.3, -0.25) is 4.79 Å². The largest absolute Gasteiger partial charge is 0.511 e. The lowest BCUT2D eigenvalue weighted by molar-refractivity contribution is -0.112. The van der Waals surface area contributed by atoms with E-state index in [-0.39, 0.29) is 6.42 Å². The average molecular weight is 260 g/mol. The minimum absolute atomic E-state index is 0.169. The molecule has 0 atom stereocenters. The van der Waals surface area contributed by atoms with Crippen LogP contribution in [0.1, 0.15) is 20.3 Å². The van der Waals surface area contributed by atoms with E-state index in [0.29, 0.717) is 5.69 Å². The second kappa shape index (κ2) is 6.03. The van der Waals surface area contributed by atoms with Gasteiger partial charge in [-0.15, -0.1) is 0 Å². The van der Waals surface area contributed by atoms with E-state index in [0.717, 1.165) is 0 Å². The Morgan fingerprint density at radius 2 is 1.95 bits per heavy atom. The summed E-state index contributed by atoms with van der Waals surface area (Å²) in [7, 11) is 0. The maximum absolute atomic E-state index is 11.8. The van der Waals surface area contributed by atoms with Crippen LogP contribution >= 0.6 is 0 Å². The SMILES string of the molecule is CC(C)(O)CC(O)=C(C#N)C(=O)Nc1ccccc1. The first-order chi connectivity index (χ1) is 8.83. The van der Waals surface area contributed by atoms with Crippen molar-refractivity contribution in [3.8, 4) is 6.07 Å². The molecule has 0 aliphatic heterocycles.